The van der Waals surface area contributed by atoms with Crippen molar-refractivity contribution in [3.63, 3.8) is 0 Å². The normalized spacial score (nSPS) is 28.9. The van der Waals surface area contributed by atoms with E-state index in [1.165, 1.54) is 0 Å². The third kappa shape index (κ3) is 3.42. The topological polar surface area (TPSA) is 61.5 Å². The summed E-state index contributed by atoms with van der Waals surface area (Å²) in [4.78, 5) is 2.46. The van der Waals surface area contributed by atoms with Crippen LogP contribution in [0.5, 0.6) is 0 Å². The van der Waals surface area contributed by atoms with Crippen LogP contribution in [0.15, 0.2) is 0 Å². The Morgan fingerprint density at radius 1 is 1.44 bits per heavy atom. The Morgan fingerprint density at radius 3 is 2.56 bits per heavy atom. The molecule has 96 valence electrons. The van der Waals surface area contributed by atoms with Gasteiger partial charge < -0.3 is 16.2 Å². The van der Waals surface area contributed by atoms with Crippen molar-refractivity contribution >= 4 is 0 Å². The Kier molecular flexibility index (Phi) is 5.18. The molecule has 0 radical (unpaired) electrons. The average Bonchev–Trinajstić information content (AvgIpc) is 2.63. The van der Waals surface area contributed by atoms with E-state index in [0.29, 0.717) is 18.6 Å². The second-order valence-electron chi connectivity index (χ2n) is 5.36. The molecule has 0 aromatic heterocycles. The van der Waals surface area contributed by atoms with Gasteiger partial charge in [-0.05, 0) is 33.6 Å². The Morgan fingerprint density at radius 2 is 2.12 bits per heavy atom. The fourth-order valence-corrected chi connectivity index (χ4v) is 2.48. The summed E-state index contributed by atoms with van der Waals surface area (Å²) in [5, 5.41) is 12.5. The Labute approximate surface area is 99.2 Å². The molecule has 0 spiro atoms. The fraction of sp³-hybridized carbons (Fsp3) is 1.00. The average molecular weight is 229 g/mol. The first-order valence-corrected chi connectivity index (χ1v) is 6.35. The van der Waals surface area contributed by atoms with E-state index in [1.807, 2.05) is 0 Å². The zero-order valence-electron chi connectivity index (χ0n) is 10.9. The number of aliphatic hydroxyl groups is 1. The van der Waals surface area contributed by atoms with Crippen LogP contribution in [-0.4, -0.2) is 53.9 Å². The molecule has 0 aliphatic carbocycles. The molecule has 4 N–H and O–H groups in total. The van der Waals surface area contributed by atoms with Gasteiger partial charge in [0.15, 0.2) is 0 Å². The van der Waals surface area contributed by atoms with Crippen LogP contribution >= 0.6 is 0 Å². The number of aliphatic hydroxyl groups excluding tert-OH is 1. The van der Waals surface area contributed by atoms with Crippen LogP contribution in [0.1, 0.15) is 33.6 Å². The molecule has 0 saturated carbocycles. The fourth-order valence-electron chi connectivity index (χ4n) is 2.48. The molecule has 4 nitrogen and oxygen atoms in total. The lowest BCUT2D eigenvalue weighted by Gasteiger charge is -2.33. The van der Waals surface area contributed by atoms with Crippen LogP contribution in [0, 0.1) is 0 Å². The van der Waals surface area contributed by atoms with E-state index in [9.17, 15) is 0 Å². The predicted molar refractivity (Wildman–Crippen MR) is 67.4 cm³/mol. The van der Waals surface area contributed by atoms with Crippen molar-refractivity contribution in [2.45, 2.75) is 51.2 Å². The van der Waals surface area contributed by atoms with Crippen molar-refractivity contribution in [2.75, 3.05) is 26.2 Å². The molecule has 1 rings (SSSR count). The first kappa shape index (κ1) is 13.9. The van der Waals surface area contributed by atoms with Crippen molar-refractivity contribution in [2.24, 2.45) is 5.73 Å². The van der Waals surface area contributed by atoms with Crippen LogP contribution in [-0.2, 0) is 0 Å². The van der Waals surface area contributed by atoms with Gasteiger partial charge in [0.25, 0.3) is 0 Å². The van der Waals surface area contributed by atoms with Gasteiger partial charge >= 0.3 is 0 Å². The first-order chi connectivity index (χ1) is 7.53. The number of hydrogen-bond acceptors (Lipinski definition) is 4. The molecule has 1 heterocycles. The van der Waals surface area contributed by atoms with Crippen LogP contribution in [0.3, 0.4) is 0 Å². The van der Waals surface area contributed by atoms with Crippen LogP contribution in [0.4, 0.5) is 0 Å². The first-order valence-electron chi connectivity index (χ1n) is 6.35. The minimum Gasteiger partial charge on any atom is -0.396 e. The SMILES string of the molecule is CC(CCO)NC1(CN)CCN(C(C)C)C1. The van der Waals surface area contributed by atoms with Gasteiger partial charge in [-0.25, -0.2) is 0 Å². The maximum atomic E-state index is 8.93. The lowest BCUT2D eigenvalue weighted by Crippen LogP contribution is -2.56. The zero-order valence-corrected chi connectivity index (χ0v) is 10.9. The van der Waals surface area contributed by atoms with E-state index in [4.69, 9.17) is 10.8 Å². The van der Waals surface area contributed by atoms with E-state index in [-0.39, 0.29) is 12.1 Å². The summed E-state index contributed by atoms with van der Waals surface area (Å²) in [6.45, 7) is 9.62. The van der Waals surface area contributed by atoms with Crippen LogP contribution in [0.2, 0.25) is 0 Å². The Bertz CT molecular complexity index is 210. The van der Waals surface area contributed by atoms with E-state index in [1.54, 1.807) is 0 Å². The standard InChI is InChI=1S/C12H27N3O/c1-10(2)15-6-5-12(8-13,9-15)14-11(3)4-7-16/h10-11,14,16H,4-9,13H2,1-3H3. The molecule has 2 atom stereocenters. The number of rotatable bonds is 6. The quantitative estimate of drug-likeness (QED) is 0.607. The predicted octanol–water partition coefficient (Wildman–Crippen LogP) is 0.159. The summed E-state index contributed by atoms with van der Waals surface area (Å²) < 4.78 is 0. The van der Waals surface area contributed by atoms with Gasteiger partial charge in [-0.2, -0.15) is 0 Å². The van der Waals surface area contributed by atoms with Gasteiger partial charge in [-0.1, -0.05) is 0 Å². The van der Waals surface area contributed by atoms with Crippen molar-refractivity contribution in [3.05, 3.63) is 0 Å². The van der Waals surface area contributed by atoms with Crippen molar-refractivity contribution in [3.8, 4) is 0 Å². The molecule has 0 amide bonds. The van der Waals surface area contributed by atoms with Gasteiger partial charge in [0, 0.05) is 43.9 Å². The highest BCUT2D eigenvalue weighted by atomic mass is 16.3. The number of nitrogens with one attached hydrogen (secondary N) is 1. The molecular weight excluding hydrogens is 202 g/mol. The lowest BCUT2D eigenvalue weighted by atomic mass is 9.97. The lowest BCUT2D eigenvalue weighted by molar-refractivity contribution is 0.215. The minimum absolute atomic E-state index is 0.0544. The van der Waals surface area contributed by atoms with Gasteiger partial charge in [0.2, 0.25) is 0 Å². The second-order valence-corrected chi connectivity index (χ2v) is 5.36. The maximum Gasteiger partial charge on any atom is 0.0446 e. The number of likely N-dealkylation sites (tertiary alicyclic amines) is 1. The summed E-state index contributed by atoms with van der Waals surface area (Å²) in [6.07, 6.45) is 1.90. The van der Waals surface area contributed by atoms with Gasteiger partial charge in [-0.3, -0.25) is 4.90 Å². The van der Waals surface area contributed by atoms with Crippen LogP contribution < -0.4 is 11.1 Å². The molecule has 1 fully saturated rings. The molecule has 1 aliphatic rings. The van der Waals surface area contributed by atoms with E-state index in [2.05, 4.69) is 31.0 Å². The molecule has 16 heavy (non-hydrogen) atoms. The highest BCUT2D eigenvalue weighted by Crippen LogP contribution is 2.23. The molecule has 2 unspecified atom stereocenters. The van der Waals surface area contributed by atoms with Gasteiger partial charge in [0.05, 0.1) is 0 Å². The van der Waals surface area contributed by atoms with E-state index in [0.717, 1.165) is 25.9 Å². The summed E-state index contributed by atoms with van der Waals surface area (Å²) in [6, 6.07) is 0.920. The monoisotopic (exact) mass is 229 g/mol. The number of nitrogens with zero attached hydrogens (tertiary/aromatic N) is 1. The smallest absolute Gasteiger partial charge is 0.0446 e. The molecule has 4 heteroatoms. The van der Waals surface area contributed by atoms with Crippen molar-refractivity contribution < 1.29 is 5.11 Å². The van der Waals surface area contributed by atoms with E-state index < -0.39 is 0 Å². The Balaban J connectivity index is 2.52. The molecule has 0 bridgehead atoms. The minimum atomic E-state index is 0.0544. The molecule has 1 aliphatic heterocycles. The highest BCUT2D eigenvalue weighted by Gasteiger charge is 2.38. The van der Waals surface area contributed by atoms with Gasteiger partial charge in [-0.15, -0.1) is 0 Å². The molecule has 0 aromatic rings. The molecule has 0 aromatic carbocycles. The van der Waals surface area contributed by atoms with Crippen molar-refractivity contribution in [1.29, 1.82) is 0 Å². The maximum absolute atomic E-state index is 8.93. The Hall–Kier alpha value is -0.160. The largest absolute Gasteiger partial charge is 0.396 e. The molecule has 1 saturated heterocycles. The summed E-state index contributed by atoms with van der Waals surface area (Å²) in [5.41, 5.74) is 5.98. The number of hydrogen-bond donors (Lipinski definition) is 3. The second kappa shape index (κ2) is 5.96. The van der Waals surface area contributed by atoms with Crippen molar-refractivity contribution in [1.82, 2.24) is 10.2 Å². The third-order valence-corrected chi connectivity index (χ3v) is 3.62. The van der Waals surface area contributed by atoms with Gasteiger partial charge in [0.1, 0.15) is 0 Å². The summed E-state index contributed by atoms with van der Waals surface area (Å²) in [7, 11) is 0. The zero-order chi connectivity index (χ0) is 12.2. The van der Waals surface area contributed by atoms with E-state index >= 15 is 0 Å². The highest BCUT2D eigenvalue weighted by molar-refractivity contribution is 5.00. The summed E-state index contributed by atoms with van der Waals surface area (Å²) in [5.74, 6) is 0. The third-order valence-electron chi connectivity index (χ3n) is 3.62. The van der Waals surface area contributed by atoms with Crippen LogP contribution in [0.25, 0.3) is 0 Å². The number of nitrogens with two attached hydrogens (primary N) is 1. The summed E-state index contributed by atoms with van der Waals surface area (Å²) >= 11 is 0. The molecular formula is C12H27N3O.